The standard InChI is InChI=1S/C12H12ClN3O/c1-8-5-9(2)16(12(17)15-8)7-11-6-10(13)3-4-14-11/h3-6H,7H2,1-2H3. The van der Waals surface area contributed by atoms with Gasteiger partial charge < -0.3 is 0 Å². The fourth-order valence-electron chi connectivity index (χ4n) is 1.66. The van der Waals surface area contributed by atoms with Gasteiger partial charge in [-0.25, -0.2) is 4.79 Å². The Balaban J connectivity index is 2.40. The Labute approximate surface area is 104 Å². The molecule has 4 nitrogen and oxygen atoms in total. The Morgan fingerprint density at radius 1 is 1.35 bits per heavy atom. The molecule has 0 saturated heterocycles. The summed E-state index contributed by atoms with van der Waals surface area (Å²) < 4.78 is 1.58. The van der Waals surface area contributed by atoms with E-state index in [1.165, 1.54) is 0 Å². The summed E-state index contributed by atoms with van der Waals surface area (Å²) in [4.78, 5) is 19.8. The first-order chi connectivity index (χ1) is 8.06. The lowest BCUT2D eigenvalue weighted by molar-refractivity contribution is 0.680. The van der Waals surface area contributed by atoms with Gasteiger partial charge in [0.05, 0.1) is 12.2 Å². The molecule has 0 aromatic carbocycles. The normalized spacial score (nSPS) is 10.5. The van der Waals surface area contributed by atoms with Crippen LogP contribution in [-0.2, 0) is 6.54 Å². The molecule has 0 aliphatic heterocycles. The van der Waals surface area contributed by atoms with Crippen LogP contribution in [0.15, 0.2) is 29.2 Å². The number of aryl methyl sites for hydroxylation is 2. The molecule has 0 atom stereocenters. The van der Waals surface area contributed by atoms with E-state index in [4.69, 9.17) is 11.6 Å². The Bertz CT molecular complexity index is 607. The lowest BCUT2D eigenvalue weighted by atomic mass is 10.3. The number of pyridine rings is 1. The highest BCUT2D eigenvalue weighted by atomic mass is 35.5. The zero-order chi connectivity index (χ0) is 12.4. The third kappa shape index (κ3) is 2.71. The highest BCUT2D eigenvalue weighted by Gasteiger charge is 2.05. The van der Waals surface area contributed by atoms with E-state index < -0.39 is 0 Å². The van der Waals surface area contributed by atoms with Crippen molar-refractivity contribution in [2.24, 2.45) is 0 Å². The van der Waals surface area contributed by atoms with E-state index in [-0.39, 0.29) is 5.69 Å². The molecule has 2 aromatic rings. The molecule has 0 N–H and O–H groups in total. The fraction of sp³-hybridized carbons (Fsp3) is 0.250. The molecule has 0 saturated carbocycles. The first-order valence-corrected chi connectivity index (χ1v) is 5.59. The number of aromatic nitrogens is 3. The summed E-state index contributed by atoms with van der Waals surface area (Å²) in [5.41, 5.74) is 2.07. The van der Waals surface area contributed by atoms with E-state index in [9.17, 15) is 4.79 Å². The van der Waals surface area contributed by atoms with E-state index in [0.29, 0.717) is 11.6 Å². The third-order valence-electron chi connectivity index (χ3n) is 2.45. The SMILES string of the molecule is Cc1cc(C)n(Cc2cc(Cl)ccn2)c(=O)n1. The van der Waals surface area contributed by atoms with Crippen molar-refractivity contribution in [2.45, 2.75) is 20.4 Å². The summed E-state index contributed by atoms with van der Waals surface area (Å²) in [7, 11) is 0. The summed E-state index contributed by atoms with van der Waals surface area (Å²) in [5.74, 6) is 0. The van der Waals surface area contributed by atoms with Crippen molar-refractivity contribution in [3.63, 3.8) is 0 Å². The average Bonchev–Trinajstić information content (AvgIpc) is 2.23. The van der Waals surface area contributed by atoms with E-state index in [0.717, 1.165) is 17.1 Å². The van der Waals surface area contributed by atoms with Crippen LogP contribution in [0.25, 0.3) is 0 Å². The molecule has 0 aliphatic carbocycles. The van der Waals surface area contributed by atoms with E-state index >= 15 is 0 Å². The van der Waals surface area contributed by atoms with Crippen molar-refractivity contribution in [1.82, 2.24) is 14.5 Å². The average molecular weight is 250 g/mol. The topological polar surface area (TPSA) is 47.8 Å². The van der Waals surface area contributed by atoms with Crippen LogP contribution in [0, 0.1) is 13.8 Å². The molecule has 17 heavy (non-hydrogen) atoms. The van der Waals surface area contributed by atoms with Gasteiger partial charge in [-0.15, -0.1) is 0 Å². The van der Waals surface area contributed by atoms with Crippen LogP contribution in [-0.4, -0.2) is 14.5 Å². The lowest BCUT2D eigenvalue weighted by Crippen LogP contribution is -2.26. The molecule has 88 valence electrons. The molecule has 0 bridgehead atoms. The predicted octanol–water partition coefficient (Wildman–Crippen LogP) is 1.96. The van der Waals surface area contributed by atoms with Gasteiger partial charge in [0, 0.05) is 22.6 Å². The summed E-state index contributed by atoms with van der Waals surface area (Å²) in [6.45, 7) is 4.06. The molecule has 0 unspecified atom stereocenters. The first kappa shape index (κ1) is 11.8. The Kier molecular flexibility index (Phi) is 3.24. The number of nitrogens with zero attached hydrogens (tertiary/aromatic N) is 3. The van der Waals surface area contributed by atoms with Gasteiger partial charge in [-0.3, -0.25) is 9.55 Å². The second kappa shape index (κ2) is 4.67. The van der Waals surface area contributed by atoms with Gasteiger partial charge in [-0.2, -0.15) is 4.98 Å². The second-order valence-corrected chi connectivity index (χ2v) is 4.31. The smallest absolute Gasteiger partial charge is 0.291 e. The van der Waals surface area contributed by atoms with Gasteiger partial charge in [-0.05, 0) is 32.0 Å². The predicted molar refractivity (Wildman–Crippen MR) is 66.3 cm³/mol. The van der Waals surface area contributed by atoms with Crippen LogP contribution in [0.2, 0.25) is 5.02 Å². The van der Waals surface area contributed by atoms with Crippen LogP contribution < -0.4 is 5.69 Å². The lowest BCUT2D eigenvalue weighted by Gasteiger charge is -2.09. The Morgan fingerprint density at radius 3 is 2.76 bits per heavy atom. The number of rotatable bonds is 2. The van der Waals surface area contributed by atoms with Crippen molar-refractivity contribution in [3.8, 4) is 0 Å². The Morgan fingerprint density at radius 2 is 2.12 bits per heavy atom. The monoisotopic (exact) mass is 249 g/mol. The van der Waals surface area contributed by atoms with E-state index in [1.54, 1.807) is 29.8 Å². The largest absolute Gasteiger partial charge is 0.348 e. The maximum Gasteiger partial charge on any atom is 0.348 e. The van der Waals surface area contributed by atoms with Gasteiger partial charge in [0.2, 0.25) is 0 Å². The molecular weight excluding hydrogens is 238 g/mol. The van der Waals surface area contributed by atoms with Gasteiger partial charge in [-0.1, -0.05) is 11.6 Å². The summed E-state index contributed by atoms with van der Waals surface area (Å²) in [5, 5.41) is 0.612. The minimum atomic E-state index is -0.260. The first-order valence-electron chi connectivity index (χ1n) is 5.22. The van der Waals surface area contributed by atoms with Gasteiger partial charge >= 0.3 is 5.69 Å². The molecule has 0 aliphatic rings. The minimum Gasteiger partial charge on any atom is -0.291 e. The Hall–Kier alpha value is -1.68. The number of hydrogen-bond acceptors (Lipinski definition) is 3. The molecule has 0 amide bonds. The second-order valence-electron chi connectivity index (χ2n) is 3.87. The van der Waals surface area contributed by atoms with Crippen LogP contribution in [0.4, 0.5) is 0 Å². The van der Waals surface area contributed by atoms with Crippen LogP contribution in [0.3, 0.4) is 0 Å². The quantitative estimate of drug-likeness (QED) is 0.818. The molecule has 0 fully saturated rings. The van der Waals surface area contributed by atoms with Crippen molar-refractivity contribution in [2.75, 3.05) is 0 Å². The van der Waals surface area contributed by atoms with Crippen LogP contribution in [0.1, 0.15) is 17.1 Å². The molecular formula is C12H12ClN3O. The van der Waals surface area contributed by atoms with E-state index in [2.05, 4.69) is 9.97 Å². The van der Waals surface area contributed by atoms with Crippen LogP contribution in [0.5, 0.6) is 0 Å². The number of hydrogen-bond donors (Lipinski definition) is 0. The zero-order valence-electron chi connectivity index (χ0n) is 9.64. The van der Waals surface area contributed by atoms with Gasteiger partial charge in [0.15, 0.2) is 0 Å². The molecule has 0 spiro atoms. The highest BCUT2D eigenvalue weighted by Crippen LogP contribution is 2.09. The van der Waals surface area contributed by atoms with E-state index in [1.807, 2.05) is 13.0 Å². The van der Waals surface area contributed by atoms with Crippen molar-refractivity contribution >= 4 is 11.6 Å². The third-order valence-corrected chi connectivity index (χ3v) is 2.68. The van der Waals surface area contributed by atoms with Crippen molar-refractivity contribution in [1.29, 1.82) is 0 Å². The fourth-order valence-corrected chi connectivity index (χ4v) is 1.85. The van der Waals surface area contributed by atoms with Gasteiger partial charge in [0.1, 0.15) is 0 Å². The molecule has 5 heteroatoms. The van der Waals surface area contributed by atoms with Gasteiger partial charge in [0.25, 0.3) is 0 Å². The molecule has 2 heterocycles. The minimum absolute atomic E-state index is 0.260. The number of halogens is 1. The maximum atomic E-state index is 11.7. The van der Waals surface area contributed by atoms with Crippen molar-refractivity contribution < 1.29 is 0 Å². The molecule has 0 radical (unpaired) electrons. The molecule has 2 aromatic heterocycles. The highest BCUT2D eigenvalue weighted by molar-refractivity contribution is 6.30. The summed E-state index contributed by atoms with van der Waals surface area (Å²) >= 11 is 5.87. The maximum absolute atomic E-state index is 11.7. The van der Waals surface area contributed by atoms with Crippen LogP contribution >= 0.6 is 11.6 Å². The molecule has 2 rings (SSSR count). The summed E-state index contributed by atoms with van der Waals surface area (Å²) in [6, 6.07) is 5.31. The summed E-state index contributed by atoms with van der Waals surface area (Å²) in [6.07, 6.45) is 1.62. The zero-order valence-corrected chi connectivity index (χ0v) is 10.4. The van der Waals surface area contributed by atoms with Crippen molar-refractivity contribution in [3.05, 3.63) is 57.0 Å².